The summed E-state index contributed by atoms with van der Waals surface area (Å²) in [6.45, 7) is 0. The van der Waals surface area contributed by atoms with E-state index in [0.29, 0.717) is 0 Å². The molecule has 0 aliphatic carbocycles. The van der Waals surface area contributed by atoms with E-state index in [2.05, 4.69) is 0 Å². The van der Waals surface area contributed by atoms with Gasteiger partial charge in [-0.1, -0.05) is 0 Å². The van der Waals surface area contributed by atoms with Crippen molar-refractivity contribution in [3.05, 3.63) is 0 Å². The molecule has 0 saturated heterocycles. The Kier molecular flexibility index (Phi) is 63.7. The summed E-state index contributed by atoms with van der Waals surface area (Å²) in [5.41, 5.74) is 0. The van der Waals surface area contributed by atoms with Crippen LogP contribution in [0.4, 0.5) is 0 Å². The van der Waals surface area contributed by atoms with Gasteiger partial charge in [0.15, 0.2) is 0 Å². The Hall–Kier alpha value is 3.29. The molecule has 1 nitrogen and oxygen atoms in total. The Labute approximate surface area is 104 Å². The van der Waals surface area contributed by atoms with E-state index in [4.69, 9.17) is 2.85 Å². The van der Waals surface area contributed by atoms with Gasteiger partial charge in [-0.05, 0) is 0 Å². The number of hydrogen-bond acceptors (Lipinski definition) is 1. The minimum absolute atomic E-state index is 0. The third-order valence-corrected chi connectivity index (χ3v) is 0. The molecule has 0 atom stereocenters. The molecule has 0 aliphatic heterocycles. The van der Waals surface area contributed by atoms with Gasteiger partial charge in [0.25, 0.3) is 0 Å². The maximum atomic E-state index is 8.42. The maximum Gasteiger partial charge on any atom is 0 e. The van der Waals surface area contributed by atoms with Crippen LogP contribution in [0.25, 0.3) is 0 Å². The van der Waals surface area contributed by atoms with E-state index in [-0.39, 0.29) is 104 Å². The third-order valence-electron chi connectivity index (χ3n) is 0. The van der Waals surface area contributed by atoms with Crippen molar-refractivity contribution in [1.82, 2.24) is 0 Å². The minimum atomic E-state index is -0.1000. The second-order valence-corrected chi connectivity index (χ2v) is 0. The average molecular weight is 394 g/mol. The van der Waals surface area contributed by atoms with Crippen molar-refractivity contribution in [1.29, 1.82) is 0 Å². The first-order chi connectivity index (χ1) is 1.00. The van der Waals surface area contributed by atoms with Gasteiger partial charge in [0, 0.05) is 79.6 Å². The topological polar surface area (TPSA) is 17.1 Å². The molecular formula is HInOYYb. The fourth-order valence-corrected chi connectivity index (χ4v) is 0. The Morgan fingerprint density at radius 1 is 1.25 bits per heavy atom. The van der Waals surface area contributed by atoms with Gasteiger partial charge in [-0.2, -0.15) is 0 Å². The van der Waals surface area contributed by atoms with Gasteiger partial charge in [-0.15, -0.1) is 0 Å². The van der Waals surface area contributed by atoms with E-state index in [1.54, 1.807) is 0 Å². The zero-order chi connectivity index (χ0) is 2.00. The molecule has 27 valence electrons. The summed E-state index contributed by atoms with van der Waals surface area (Å²) in [5, 5.41) is 0. The van der Waals surface area contributed by atoms with Gasteiger partial charge in [-0.3, -0.25) is 0 Å². The van der Waals surface area contributed by atoms with E-state index in [1.165, 1.54) is 0 Å². The van der Waals surface area contributed by atoms with Crippen molar-refractivity contribution in [2.75, 3.05) is 0 Å². The van der Waals surface area contributed by atoms with Crippen LogP contribution >= 0.6 is 0 Å². The number of rotatable bonds is 0. The van der Waals surface area contributed by atoms with Crippen LogP contribution in [-0.2, 0) is 35.6 Å². The Balaban J connectivity index is -0.00000000500. The van der Waals surface area contributed by atoms with Crippen molar-refractivity contribution < 1.29 is 82.5 Å². The molecule has 0 unspecified atom stereocenters. The SMILES string of the molecule is [O]=[InH].[Y].[Yb]. The molecule has 0 rings (SSSR count). The van der Waals surface area contributed by atoms with Crippen molar-refractivity contribution in [3.8, 4) is 0 Å². The van der Waals surface area contributed by atoms with Crippen LogP contribution < -0.4 is 0 Å². The van der Waals surface area contributed by atoms with Crippen molar-refractivity contribution in [2.24, 2.45) is 0 Å². The summed E-state index contributed by atoms with van der Waals surface area (Å²) in [4.78, 5) is 0. The van der Waals surface area contributed by atoms with Crippen LogP contribution in [0, 0.1) is 46.9 Å². The van der Waals surface area contributed by atoms with Crippen LogP contribution in [0.1, 0.15) is 0 Å². The largest absolute Gasteiger partial charge is 0 e. The van der Waals surface area contributed by atoms with Crippen LogP contribution in [0.3, 0.4) is 0 Å². The van der Waals surface area contributed by atoms with Crippen LogP contribution in [0.5, 0.6) is 0 Å². The molecule has 0 aromatic rings. The molecule has 0 fully saturated rings. The van der Waals surface area contributed by atoms with Gasteiger partial charge < -0.3 is 0 Å². The first-order valence-electron chi connectivity index (χ1n) is 0.289. The molecule has 0 aromatic heterocycles. The number of hydrogen-bond donors (Lipinski definition) is 0. The average Bonchev–Trinajstić information content (AvgIpc) is 1.00. The fourth-order valence-electron chi connectivity index (χ4n) is 0. The summed E-state index contributed by atoms with van der Waals surface area (Å²) in [6, 6.07) is 0. The molecule has 0 amide bonds. The fraction of sp³-hybridized carbons (Fsp3) is 0. The van der Waals surface area contributed by atoms with Crippen molar-refractivity contribution in [3.63, 3.8) is 0 Å². The summed E-state index contributed by atoms with van der Waals surface area (Å²) in [7, 11) is 0. The minimum Gasteiger partial charge on any atom is 0 e. The molecule has 4 heteroatoms. The zero-order valence-electron chi connectivity index (χ0n) is 1.96. The van der Waals surface area contributed by atoms with Gasteiger partial charge in [0.1, 0.15) is 0 Å². The Morgan fingerprint density at radius 3 is 1.25 bits per heavy atom. The van der Waals surface area contributed by atoms with Gasteiger partial charge in [0.2, 0.25) is 0 Å². The standard InChI is InChI=1S/In.O.Y.Yb.H. The van der Waals surface area contributed by atoms with Crippen LogP contribution in [-0.4, -0.2) is 24.4 Å². The second kappa shape index (κ2) is 16.3. The van der Waals surface area contributed by atoms with Crippen molar-refractivity contribution >= 4 is 24.4 Å². The van der Waals surface area contributed by atoms with Gasteiger partial charge in [-0.25, -0.2) is 0 Å². The summed E-state index contributed by atoms with van der Waals surface area (Å²) in [5.74, 6) is 0. The molecule has 0 N–H and O–H groups in total. The van der Waals surface area contributed by atoms with E-state index in [1.807, 2.05) is 0 Å². The third kappa shape index (κ3) is 9.00. The molecular weight excluding hydrogens is 393 g/mol. The smallest absolute Gasteiger partial charge is 0 e. The van der Waals surface area contributed by atoms with Gasteiger partial charge in [0.05, 0.1) is 0 Å². The predicted molar refractivity (Wildman–Crippen MR) is 7.84 cm³/mol. The first kappa shape index (κ1) is 15.7. The summed E-state index contributed by atoms with van der Waals surface area (Å²) in [6.07, 6.45) is 0. The molecule has 0 aliphatic rings. The maximum absolute atomic E-state index is 8.42. The Bertz CT molecular complexity index is 8.00. The monoisotopic (exact) mass is 395 g/mol. The van der Waals surface area contributed by atoms with Crippen LogP contribution in [0.15, 0.2) is 0 Å². The van der Waals surface area contributed by atoms with Crippen LogP contribution in [0.2, 0.25) is 0 Å². The van der Waals surface area contributed by atoms with E-state index < -0.39 is 0 Å². The predicted octanol–water partition coefficient (Wildman–Crippen LogP) is -0.770. The zero-order valence-corrected chi connectivity index (χ0v) is 10.5. The van der Waals surface area contributed by atoms with E-state index in [9.17, 15) is 0 Å². The quantitative estimate of drug-likeness (QED) is 0.528. The normalized spacial score (nSPS) is 0.750. The first-order valence-corrected chi connectivity index (χ1v) is 1.94. The second-order valence-electron chi connectivity index (χ2n) is 0. The molecule has 0 spiro atoms. The molecule has 0 aromatic carbocycles. The summed E-state index contributed by atoms with van der Waals surface area (Å²) < 4.78 is 8.42. The van der Waals surface area contributed by atoms with Crippen molar-refractivity contribution in [2.45, 2.75) is 0 Å². The van der Waals surface area contributed by atoms with Gasteiger partial charge >= 0.3 is 27.2 Å². The molecule has 4 heavy (non-hydrogen) atoms. The molecule has 0 saturated carbocycles. The summed E-state index contributed by atoms with van der Waals surface area (Å²) >= 11 is -0.1000. The molecule has 1 radical (unpaired) electrons. The van der Waals surface area contributed by atoms with E-state index in [0.717, 1.165) is 0 Å². The van der Waals surface area contributed by atoms with E-state index >= 15 is 0 Å². The molecule has 0 heterocycles. The Morgan fingerprint density at radius 2 is 1.25 bits per heavy atom. The molecule has 0 bridgehead atoms.